The number of amides is 2. The molecule has 0 aromatic rings. The molecule has 2 saturated heterocycles. The zero-order chi connectivity index (χ0) is 13.1. The van der Waals surface area contributed by atoms with Crippen LogP contribution in [-0.2, 0) is 9.59 Å². The Morgan fingerprint density at radius 1 is 1.33 bits per heavy atom. The molecular weight excluding hydrogens is 230 g/mol. The summed E-state index contributed by atoms with van der Waals surface area (Å²) in [6.07, 6.45) is 1.19. The molecule has 5 heteroatoms. The minimum atomic E-state index is 0.0349. The van der Waals surface area contributed by atoms with Crippen LogP contribution >= 0.6 is 0 Å². The fourth-order valence-corrected chi connectivity index (χ4v) is 2.94. The van der Waals surface area contributed by atoms with Gasteiger partial charge in [-0.1, -0.05) is 13.8 Å². The molecule has 2 aliphatic heterocycles. The highest BCUT2D eigenvalue weighted by Gasteiger charge is 2.28. The number of nitrogens with zero attached hydrogens (tertiary/aromatic N) is 2. The number of carbonyl (C=O) groups is 2. The first-order valence-corrected chi connectivity index (χ1v) is 6.82. The van der Waals surface area contributed by atoms with Gasteiger partial charge in [0.15, 0.2) is 0 Å². The van der Waals surface area contributed by atoms with Crippen LogP contribution in [0.25, 0.3) is 0 Å². The molecule has 2 atom stereocenters. The van der Waals surface area contributed by atoms with E-state index in [1.165, 1.54) is 6.42 Å². The Hall–Kier alpha value is -1.10. The van der Waals surface area contributed by atoms with Crippen molar-refractivity contribution in [3.63, 3.8) is 0 Å². The normalized spacial score (nSPS) is 29.6. The van der Waals surface area contributed by atoms with E-state index in [2.05, 4.69) is 19.2 Å². The lowest BCUT2D eigenvalue weighted by Crippen LogP contribution is -2.53. The number of rotatable bonds is 2. The van der Waals surface area contributed by atoms with E-state index >= 15 is 0 Å². The van der Waals surface area contributed by atoms with Gasteiger partial charge in [0.05, 0.1) is 13.1 Å². The Balaban J connectivity index is 1.88. The van der Waals surface area contributed by atoms with Crippen molar-refractivity contribution < 1.29 is 9.59 Å². The van der Waals surface area contributed by atoms with E-state index in [9.17, 15) is 9.59 Å². The third-order valence-electron chi connectivity index (χ3n) is 3.74. The number of hydrogen-bond donors (Lipinski definition) is 1. The minimum absolute atomic E-state index is 0.0349. The molecule has 18 heavy (non-hydrogen) atoms. The van der Waals surface area contributed by atoms with Crippen LogP contribution in [0.15, 0.2) is 0 Å². The topological polar surface area (TPSA) is 52.7 Å². The van der Waals surface area contributed by atoms with Crippen LogP contribution in [0, 0.1) is 11.8 Å². The summed E-state index contributed by atoms with van der Waals surface area (Å²) >= 11 is 0. The lowest BCUT2D eigenvalue weighted by Gasteiger charge is -2.36. The van der Waals surface area contributed by atoms with Crippen molar-refractivity contribution in [3.05, 3.63) is 0 Å². The first kappa shape index (κ1) is 13.3. The Morgan fingerprint density at radius 3 is 2.61 bits per heavy atom. The van der Waals surface area contributed by atoms with Gasteiger partial charge in [0.25, 0.3) is 0 Å². The van der Waals surface area contributed by atoms with Crippen molar-refractivity contribution in [1.29, 1.82) is 0 Å². The summed E-state index contributed by atoms with van der Waals surface area (Å²) in [6.45, 7) is 8.08. The molecular formula is C13H23N3O2. The Bertz CT molecular complexity index is 322. The zero-order valence-electron chi connectivity index (χ0n) is 11.3. The van der Waals surface area contributed by atoms with Crippen molar-refractivity contribution in [2.24, 2.45) is 11.8 Å². The van der Waals surface area contributed by atoms with Gasteiger partial charge in [-0.2, -0.15) is 0 Å². The largest absolute Gasteiger partial charge is 0.341 e. The Kier molecular flexibility index (Phi) is 4.22. The summed E-state index contributed by atoms with van der Waals surface area (Å²) < 4.78 is 0. The van der Waals surface area contributed by atoms with Crippen molar-refractivity contribution in [2.75, 3.05) is 39.3 Å². The number of piperazine rings is 1. The molecule has 0 saturated carbocycles. The maximum Gasteiger partial charge on any atom is 0.242 e. The fraction of sp³-hybridized carbons (Fsp3) is 0.846. The quantitative estimate of drug-likeness (QED) is 0.749. The van der Waals surface area contributed by atoms with Gasteiger partial charge in [-0.25, -0.2) is 0 Å². The number of hydrogen-bond acceptors (Lipinski definition) is 3. The third-order valence-corrected chi connectivity index (χ3v) is 3.74. The second-order valence-corrected chi connectivity index (χ2v) is 5.74. The van der Waals surface area contributed by atoms with Crippen LogP contribution < -0.4 is 5.32 Å². The SMILES string of the molecule is C[C@@H]1C[C@@H](C)CN(C(=O)CN2CCNCC2=O)C1. The van der Waals surface area contributed by atoms with E-state index in [1.54, 1.807) is 4.90 Å². The second-order valence-electron chi connectivity index (χ2n) is 5.74. The minimum Gasteiger partial charge on any atom is -0.341 e. The molecule has 2 heterocycles. The van der Waals surface area contributed by atoms with Crippen LogP contribution in [0.3, 0.4) is 0 Å². The van der Waals surface area contributed by atoms with Gasteiger partial charge in [-0.3, -0.25) is 9.59 Å². The maximum atomic E-state index is 12.2. The van der Waals surface area contributed by atoms with Crippen LogP contribution in [-0.4, -0.2) is 60.9 Å². The van der Waals surface area contributed by atoms with Gasteiger partial charge in [-0.05, 0) is 18.3 Å². The summed E-state index contributed by atoms with van der Waals surface area (Å²) in [6, 6.07) is 0. The predicted molar refractivity (Wildman–Crippen MR) is 69.0 cm³/mol. The van der Waals surface area contributed by atoms with Crippen molar-refractivity contribution >= 4 is 11.8 Å². The highest BCUT2D eigenvalue weighted by atomic mass is 16.2. The molecule has 1 N–H and O–H groups in total. The van der Waals surface area contributed by atoms with Gasteiger partial charge < -0.3 is 15.1 Å². The first-order valence-electron chi connectivity index (χ1n) is 6.82. The molecule has 2 rings (SSSR count). The van der Waals surface area contributed by atoms with E-state index in [-0.39, 0.29) is 18.4 Å². The smallest absolute Gasteiger partial charge is 0.242 e. The molecule has 0 aromatic carbocycles. The van der Waals surface area contributed by atoms with Crippen LogP contribution in [0.5, 0.6) is 0 Å². The fourth-order valence-electron chi connectivity index (χ4n) is 2.94. The van der Waals surface area contributed by atoms with Gasteiger partial charge in [0.1, 0.15) is 0 Å². The lowest BCUT2D eigenvalue weighted by atomic mass is 9.92. The van der Waals surface area contributed by atoms with Crippen LogP contribution in [0.1, 0.15) is 20.3 Å². The van der Waals surface area contributed by atoms with Gasteiger partial charge in [-0.15, -0.1) is 0 Å². The van der Waals surface area contributed by atoms with Crippen LogP contribution in [0.2, 0.25) is 0 Å². The van der Waals surface area contributed by atoms with E-state index < -0.39 is 0 Å². The van der Waals surface area contributed by atoms with E-state index in [1.807, 2.05) is 4.90 Å². The molecule has 2 amide bonds. The maximum absolute atomic E-state index is 12.2. The van der Waals surface area contributed by atoms with E-state index in [0.29, 0.717) is 24.9 Å². The average Bonchev–Trinajstić information content (AvgIpc) is 2.31. The summed E-state index contributed by atoms with van der Waals surface area (Å²) in [7, 11) is 0. The number of likely N-dealkylation sites (tertiary alicyclic amines) is 1. The van der Waals surface area contributed by atoms with Crippen molar-refractivity contribution in [1.82, 2.24) is 15.1 Å². The summed E-state index contributed by atoms with van der Waals surface area (Å²) in [5.41, 5.74) is 0. The number of nitrogens with one attached hydrogen (secondary N) is 1. The van der Waals surface area contributed by atoms with Gasteiger partial charge in [0, 0.05) is 26.2 Å². The monoisotopic (exact) mass is 253 g/mol. The molecule has 0 spiro atoms. The Labute approximate surface area is 108 Å². The van der Waals surface area contributed by atoms with Crippen molar-refractivity contribution in [2.45, 2.75) is 20.3 Å². The standard InChI is InChI=1S/C13H23N3O2/c1-10-5-11(2)8-16(7-10)13(18)9-15-4-3-14-6-12(15)17/h10-11,14H,3-9H2,1-2H3/t10-,11-/m1/s1. The highest BCUT2D eigenvalue weighted by Crippen LogP contribution is 2.21. The molecule has 0 bridgehead atoms. The lowest BCUT2D eigenvalue weighted by molar-refractivity contribution is -0.142. The van der Waals surface area contributed by atoms with E-state index in [0.717, 1.165) is 19.6 Å². The third kappa shape index (κ3) is 3.22. The van der Waals surface area contributed by atoms with Gasteiger partial charge >= 0.3 is 0 Å². The van der Waals surface area contributed by atoms with Crippen molar-refractivity contribution in [3.8, 4) is 0 Å². The number of carbonyl (C=O) groups excluding carboxylic acids is 2. The zero-order valence-corrected chi connectivity index (χ0v) is 11.3. The molecule has 0 unspecified atom stereocenters. The molecule has 2 fully saturated rings. The van der Waals surface area contributed by atoms with E-state index in [4.69, 9.17) is 0 Å². The molecule has 5 nitrogen and oxygen atoms in total. The molecule has 2 aliphatic rings. The molecule has 0 radical (unpaired) electrons. The summed E-state index contributed by atoms with van der Waals surface area (Å²) in [5.74, 6) is 1.27. The van der Waals surface area contributed by atoms with Gasteiger partial charge in [0.2, 0.25) is 11.8 Å². The predicted octanol–water partition coefficient (Wildman–Crippen LogP) is -0.0773. The summed E-state index contributed by atoms with van der Waals surface area (Å²) in [4.78, 5) is 27.4. The molecule has 102 valence electrons. The number of piperidine rings is 1. The molecule has 0 aliphatic carbocycles. The Morgan fingerprint density at radius 2 is 2.00 bits per heavy atom. The highest BCUT2D eigenvalue weighted by molar-refractivity contribution is 5.86. The molecule has 0 aromatic heterocycles. The first-order chi connectivity index (χ1) is 8.56. The second kappa shape index (κ2) is 5.69. The summed E-state index contributed by atoms with van der Waals surface area (Å²) in [5, 5.41) is 3.02. The average molecular weight is 253 g/mol. The van der Waals surface area contributed by atoms with Crippen LogP contribution in [0.4, 0.5) is 0 Å².